The summed E-state index contributed by atoms with van der Waals surface area (Å²) in [6.07, 6.45) is 10.0. The Morgan fingerprint density at radius 1 is 0.760 bits per heavy atom. The Morgan fingerprint density at radius 3 is 1.00 bits per heavy atom. The Balaban J connectivity index is -0.0000000662. The fourth-order valence-corrected chi connectivity index (χ4v) is 0.340. The van der Waals surface area contributed by atoms with Gasteiger partial charge in [-0.1, -0.05) is 0 Å². The Kier molecular flexibility index (Phi) is 28.2. The summed E-state index contributed by atoms with van der Waals surface area (Å²) < 4.78 is 29.5. The minimum absolute atomic E-state index is 0. The Bertz CT molecular complexity index is 259. The van der Waals surface area contributed by atoms with E-state index in [1.165, 1.54) is 0 Å². The van der Waals surface area contributed by atoms with Gasteiger partial charge in [0.2, 0.25) is 0 Å². The van der Waals surface area contributed by atoms with Gasteiger partial charge in [-0.25, -0.2) is 12.2 Å². The van der Waals surface area contributed by atoms with Crippen LogP contribution in [0.25, 0.3) is 0 Å². The van der Waals surface area contributed by atoms with Crippen molar-refractivity contribution in [2.24, 2.45) is 0 Å². The maximum atomic E-state index is 9.83. The number of hydrogen-bond acceptors (Lipinski definition) is 3. The molecule has 1 aliphatic carbocycles. The molecule has 25 heavy (non-hydrogen) atoms. The zero-order valence-corrected chi connectivity index (χ0v) is 21.5. The molecule has 1 aliphatic rings. The van der Waals surface area contributed by atoms with E-state index in [1.807, 2.05) is 12.2 Å². The normalized spacial score (nSPS) is 12.2. The fourth-order valence-electron chi connectivity index (χ4n) is 0.340. The molecule has 0 fully saturated rings. The third-order valence-corrected chi connectivity index (χ3v) is 0.586. The molecular formula is C17H35F3GeO3Zr-. The standard InChI is InChI=1S/C5H5.3C4H10O.F3Ge.Zr/c1-2-4-5-3-1;3*1-4(2,3)5;1-4(2)3;/h1-3H,4H2;3*5H,1-3H3;;/q-1;;;;;. The van der Waals surface area contributed by atoms with Crippen molar-refractivity contribution >= 4 is 15.7 Å². The molecule has 3 nitrogen and oxygen atoms in total. The predicted octanol–water partition coefficient (Wildman–Crippen LogP) is 4.51. The summed E-state index contributed by atoms with van der Waals surface area (Å²) in [4.78, 5) is 0. The fraction of sp³-hybridized carbons (Fsp3) is 0.765. The third-order valence-electron chi connectivity index (χ3n) is 0.586. The number of allylic oxidation sites excluding steroid dienone is 4. The van der Waals surface area contributed by atoms with Crippen molar-refractivity contribution in [3.05, 3.63) is 24.3 Å². The van der Waals surface area contributed by atoms with Crippen LogP contribution in [0.2, 0.25) is 0 Å². The Hall–Kier alpha value is 0.576. The van der Waals surface area contributed by atoms with Gasteiger partial charge in [0.05, 0.1) is 16.8 Å². The Morgan fingerprint density at radius 2 is 0.960 bits per heavy atom. The van der Waals surface area contributed by atoms with Gasteiger partial charge in [0.15, 0.2) is 0 Å². The zero-order chi connectivity index (χ0) is 20.6. The van der Waals surface area contributed by atoms with Gasteiger partial charge in [0, 0.05) is 26.2 Å². The van der Waals surface area contributed by atoms with E-state index in [-0.39, 0.29) is 26.2 Å². The second-order valence-electron chi connectivity index (χ2n) is 7.73. The summed E-state index contributed by atoms with van der Waals surface area (Å²) in [5.74, 6) is 0. The van der Waals surface area contributed by atoms with Crippen LogP contribution < -0.4 is 0 Å². The summed E-state index contributed by atoms with van der Waals surface area (Å²) in [6.45, 7) is 15.7. The second-order valence-corrected chi connectivity index (χ2v) is 8.63. The van der Waals surface area contributed by atoms with Crippen molar-refractivity contribution in [3.63, 3.8) is 0 Å². The van der Waals surface area contributed by atoms with Gasteiger partial charge in [-0.3, -0.25) is 6.08 Å². The minimum atomic E-state index is -4.83. The number of halogens is 3. The summed E-state index contributed by atoms with van der Waals surface area (Å²) in [6, 6.07) is 0. The van der Waals surface area contributed by atoms with Gasteiger partial charge in [-0.15, -0.1) is 6.42 Å². The molecule has 0 heterocycles. The number of aliphatic hydroxyl groups is 3. The van der Waals surface area contributed by atoms with Crippen molar-refractivity contribution in [2.75, 3.05) is 0 Å². The average molecular weight is 508 g/mol. The van der Waals surface area contributed by atoms with Crippen molar-refractivity contribution < 1.29 is 52.0 Å². The molecule has 1 rings (SSSR count). The Labute approximate surface area is 177 Å². The minimum Gasteiger partial charge on any atom is 0 e. The van der Waals surface area contributed by atoms with Crippen molar-refractivity contribution in [1.82, 2.24) is 0 Å². The second kappa shape index (κ2) is 19.3. The van der Waals surface area contributed by atoms with Crippen molar-refractivity contribution in [2.45, 2.75) is 85.5 Å². The maximum absolute atomic E-state index is 9.83. The molecule has 0 amide bonds. The molecule has 0 aromatic heterocycles. The van der Waals surface area contributed by atoms with Crippen LogP contribution in [0.4, 0.5) is 10.5 Å². The van der Waals surface area contributed by atoms with Crippen LogP contribution in [-0.2, 0) is 26.2 Å². The van der Waals surface area contributed by atoms with E-state index in [4.69, 9.17) is 15.3 Å². The van der Waals surface area contributed by atoms with Gasteiger partial charge in [0.1, 0.15) is 0 Å². The molecule has 0 aliphatic heterocycles. The first kappa shape index (κ1) is 36.5. The zero-order valence-electron chi connectivity index (χ0n) is 16.9. The van der Waals surface area contributed by atoms with E-state index in [9.17, 15) is 10.5 Å². The number of rotatable bonds is 0. The molecule has 0 aromatic rings. The summed E-state index contributed by atoms with van der Waals surface area (Å²) >= 11 is -4.83. The summed E-state index contributed by atoms with van der Waals surface area (Å²) in [7, 11) is 0. The molecular weight excluding hydrogens is 473 g/mol. The molecule has 0 bridgehead atoms. The van der Waals surface area contributed by atoms with Crippen molar-refractivity contribution in [1.29, 1.82) is 0 Å². The van der Waals surface area contributed by atoms with Crippen LogP contribution in [0.15, 0.2) is 18.2 Å². The molecule has 0 saturated carbocycles. The monoisotopic (exact) mass is 508 g/mol. The maximum Gasteiger partial charge on any atom is 0 e. The smallest absolute Gasteiger partial charge is 0 e. The molecule has 0 atom stereocenters. The van der Waals surface area contributed by atoms with E-state index < -0.39 is 32.5 Å². The third kappa shape index (κ3) is 403. The van der Waals surface area contributed by atoms with E-state index in [0.29, 0.717) is 0 Å². The van der Waals surface area contributed by atoms with Crippen LogP contribution in [0.1, 0.15) is 68.7 Å². The van der Waals surface area contributed by atoms with Gasteiger partial charge in [0.25, 0.3) is 0 Å². The van der Waals surface area contributed by atoms with Gasteiger partial charge >= 0.3 is 26.2 Å². The largest absolute Gasteiger partial charge is 0 e. The van der Waals surface area contributed by atoms with Crippen LogP contribution >= 0.6 is 0 Å². The van der Waals surface area contributed by atoms with E-state index in [2.05, 4.69) is 12.2 Å². The van der Waals surface area contributed by atoms with E-state index >= 15 is 0 Å². The van der Waals surface area contributed by atoms with Crippen LogP contribution in [-0.4, -0.2) is 47.9 Å². The molecule has 3 N–H and O–H groups in total. The van der Waals surface area contributed by atoms with E-state index in [1.54, 1.807) is 62.3 Å². The molecule has 151 valence electrons. The molecule has 8 heteroatoms. The van der Waals surface area contributed by atoms with Crippen LogP contribution in [0.3, 0.4) is 0 Å². The molecule has 0 saturated heterocycles. The molecule has 0 spiro atoms. The number of hydrogen-bond donors (Lipinski definition) is 3. The molecule has 1 radical (unpaired) electrons. The SMILES string of the molecule is CC(C)(C)O.CC(C)(C)O.CC(C)(C)O.[C-]1=CC=CC1.[F][Ge]([F])[F].[Zr]. The quantitative estimate of drug-likeness (QED) is 0.334. The summed E-state index contributed by atoms with van der Waals surface area (Å²) in [5.41, 5.74) is -1.50. The van der Waals surface area contributed by atoms with Crippen molar-refractivity contribution in [3.8, 4) is 0 Å². The van der Waals surface area contributed by atoms with Gasteiger partial charge in [-0.2, -0.15) is 6.08 Å². The van der Waals surface area contributed by atoms with E-state index in [0.717, 1.165) is 6.42 Å². The average Bonchev–Trinajstić information content (AvgIpc) is 2.61. The van der Waals surface area contributed by atoms with Gasteiger partial charge in [-0.05, 0) is 62.3 Å². The first-order valence-corrected chi connectivity index (χ1v) is 9.83. The molecule has 0 aromatic carbocycles. The van der Waals surface area contributed by atoms with Crippen LogP contribution in [0, 0.1) is 6.08 Å². The molecule has 0 unspecified atom stereocenters. The topological polar surface area (TPSA) is 60.7 Å². The first-order valence-electron chi connectivity index (χ1n) is 7.45. The predicted molar refractivity (Wildman–Crippen MR) is 96.6 cm³/mol. The van der Waals surface area contributed by atoms with Gasteiger partial charge < -0.3 is 15.3 Å². The van der Waals surface area contributed by atoms with Crippen LogP contribution in [0.5, 0.6) is 0 Å². The summed E-state index contributed by atoms with van der Waals surface area (Å²) in [5, 5.41) is 25.6. The first-order chi connectivity index (χ1) is 10.2.